The third-order valence-electron chi connectivity index (χ3n) is 7.52. The minimum Gasteiger partial charge on any atom is -0.342 e. The molecule has 1 heterocycles. The number of fused-ring (bicyclic) bond motifs is 1. The lowest BCUT2D eigenvalue weighted by molar-refractivity contribution is -0.146. The lowest BCUT2D eigenvalue weighted by Crippen LogP contribution is -2.61. The summed E-state index contributed by atoms with van der Waals surface area (Å²) in [5.41, 5.74) is 9.06. The van der Waals surface area contributed by atoms with Crippen LogP contribution in [0, 0.1) is 5.41 Å². The average Bonchev–Trinajstić information content (AvgIpc) is 2.92. The molecular weight excluding hydrogens is 502 g/mol. The van der Waals surface area contributed by atoms with Gasteiger partial charge in [-0.2, -0.15) is 0 Å². The maximum Gasteiger partial charge on any atom is 0.245 e. The standard InChI is InChI=1S/C32H41N5O3/c1-31(2,33)29(39)34-27(20-24-15-16-25-13-8-9-14-26(25)19-24)28(38)37-18-10-17-32(22-37,30(40)35-36(3)4)21-23-11-6-5-7-12-23/h5-9,11-16,19,27H,10,17-18,20-22,33H2,1-4H3,(H,34,39)(H,35,40). The Morgan fingerprint density at radius 1 is 0.975 bits per heavy atom. The van der Waals surface area contributed by atoms with E-state index in [9.17, 15) is 14.4 Å². The Morgan fingerprint density at radius 3 is 2.33 bits per heavy atom. The Morgan fingerprint density at radius 2 is 1.65 bits per heavy atom. The van der Waals surface area contributed by atoms with Crippen LogP contribution in [0.3, 0.4) is 0 Å². The van der Waals surface area contributed by atoms with Gasteiger partial charge in [-0.3, -0.25) is 19.8 Å². The largest absolute Gasteiger partial charge is 0.342 e. The zero-order chi connectivity index (χ0) is 28.9. The highest BCUT2D eigenvalue weighted by molar-refractivity contribution is 5.92. The molecule has 3 amide bonds. The molecule has 8 heteroatoms. The molecule has 2 unspecified atom stereocenters. The van der Waals surface area contributed by atoms with Crippen LogP contribution < -0.4 is 16.5 Å². The molecule has 0 bridgehead atoms. The number of hydrogen-bond donors (Lipinski definition) is 3. The van der Waals surface area contributed by atoms with Crippen molar-refractivity contribution in [3.05, 3.63) is 83.9 Å². The summed E-state index contributed by atoms with van der Waals surface area (Å²) in [6.45, 7) is 4.02. The quantitative estimate of drug-likeness (QED) is 0.360. The predicted octanol–water partition coefficient (Wildman–Crippen LogP) is 3.05. The highest BCUT2D eigenvalue weighted by Crippen LogP contribution is 2.35. The molecule has 3 aromatic rings. The van der Waals surface area contributed by atoms with Crippen LogP contribution in [-0.4, -0.2) is 66.4 Å². The van der Waals surface area contributed by atoms with E-state index in [2.05, 4.69) is 16.8 Å². The molecule has 1 aliphatic heterocycles. The molecule has 1 fully saturated rings. The molecule has 0 saturated carbocycles. The summed E-state index contributed by atoms with van der Waals surface area (Å²) in [5.74, 6) is -0.720. The zero-order valence-corrected chi connectivity index (χ0v) is 23.9. The number of likely N-dealkylation sites (tertiary alicyclic amines) is 1. The van der Waals surface area contributed by atoms with Crippen LogP contribution in [0.5, 0.6) is 0 Å². The van der Waals surface area contributed by atoms with Crippen molar-refractivity contribution >= 4 is 28.5 Å². The zero-order valence-electron chi connectivity index (χ0n) is 23.9. The Kier molecular flexibility index (Phi) is 8.91. The maximum absolute atomic E-state index is 14.1. The molecule has 1 aliphatic rings. The summed E-state index contributed by atoms with van der Waals surface area (Å²) in [5, 5.41) is 6.74. The van der Waals surface area contributed by atoms with Crippen molar-refractivity contribution < 1.29 is 14.4 Å². The second-order valence-electron chi connectivity index (χ2n) is 11.8. The Hall–Kier alpha value is -3.75. The highest BCUT2D eigenvalue weighted by atomic mass is 16.2. The maximum atomic E-state index is 14.1. The van der Waals surface area contributed by atoms with Gasteiger partial charge in [0.05, 0.1) is 11.0 Å². The van der Waals surface area contributed by atoms with E-state index >= 15 is 0 Å². The third kappa shape index (κ3) is 7.06. The van der Waals surface area contributed by atoms with E-state index in [1.54, 1.807) is 37.9 Å². The third-order valence-corrected chi connectivity index (χ3v) is 7.52. The first-order chi connectivity index (χ1) is 19.0. The molecule has 0 aromatic heterocycles. The van der Waals surface area contributed by atoms with Crippen molar-refractivity contribution in [2.24, 2.45) is 11.1 Å². The molecule has 2 atom stereocenters. The van der Waals surface area contributed by atoms with Crippen molar-refractivity contribution in [2.45, 2.75) is 51.1 Å². The summed E-state index contributed by atoms with van der Waals surface area (Å²) in [4.78, 5) is 42.5. The van der Waals surface area contributed by atoms with E-state index < -0.39 is 22.9 Å². The molecule has 0 spiro atoms. The highest BCUT2D eigenvalue weighted by Gasteiger charge is 2.45. The van der Waals surface area contributed by atoms with Crippen LogP contribution in [0.1, 0.15) is 37.8 Å². The number of nitrogens with zero attached hydrogens (tertiary/aromatic N) is 2. The van der Waals surface area contributed by atoms with Gasteiger partial charge >= 0.3 is 0 Å². The van der Waals surface area contributed by atoms with Gasteiger partial charge in [-0.25, -0.2) is 5.01 Å². The van der Waals surface area contributed by atoms with Crippen molar-refractivity contribution in [3.63, 3.8) is 0 Å². The summed E-state index contributed by atoms with van der Waals surface area (Å²) < 4.78 is 0. The number of hydrazine groups is 1. The fourth-order valence-electron chi connectivity index (χ4n) is 5.40. The number of hydrogen-bond acceptors (Lipinski definition) is 5. The molecule has 212 valence electrons. The minimum atomic E-state index is -1.15. The second-order valence-corrected chi connectivity index (χ2v) is 11.8. The SMILES string of the molecule is CN(C)NC(=O)C1(Cc2ccccc2)CCCN(C(=O)C(Cc2ccc3ccccc3c2)NC(=O)C(C)(C)N)C1. The van der Waals surface area contributed by atoms with Gasteiger partial charge in [0, 0.05) is 33.6 Å². The van der Waals surface area contributed by atoms with E-state index in [1.165, 1.54) is 0 Å². The predicted molar refractivity (Wildman–Crippen MR) is 158 cm³/mol. The van der Waals surface area contributed by atoms with Gasteiger partial charge in [-0.05, 0) is 55.0 Å². The number of nitrogens with one attached hydrogen (secondary N) is 2. The molecule has 4 N–H and O–H groups in total. The molecule has 40 heavy (non-hydrogen) atoms. The number of carbonyl (C=O) groups excluding carboxylic acids is 3. The molecular formula is C32H41N5O3. The molecule has 3 aromatic carbocycles. The van der Waals surface area contributed by atoms with Gasteiger partial charge in [0.1, 0.15) is 6.04 Å². The van der Waals surface area contributed by atoms with E-state index in [4.69, 9.17) is 5.73 Å². The Bertz CT molecular complexity index is 1350. The van der Waals surface area contributed by atoms with E-state index in [0.29, 0.717) is 32.2 Å². The number of carbonyl (C=O) groups is 3. The van der Waals surface area contributed by atoms with Crippen LogP contribution in [0.25, 0.3) is 10.8 Å². The molecule has 1 saturated heterocycles. The number of benzene rings is 3. The van der Waals surface area contributed by atoms with E-state index in [1.807, 2.05) is 66.7 Å². The van der Waals surface area contributed by atoms with Crippen LogP contribution in [0.2, 0.25) is 0 Å². The average molecular weight is 544 g/mol. The lowest BCUT2D eigenvalue weighted by atomic mass is 9.74. The summed E-state index contributed by atoms with van der Waals surface area (Å²) in [6, 6.07) is 23.2. The molecule has 0 aliphatic carbocycles. The molecule has 8 nitrogen and oxygen atoms in total. The molecule has 4 rings (SSSR count). The number of piperidine rings is 1. The normalized spacial score (nSPS) is 18.4. The fourth-order valence-corrected chi connectivity index (χ4v) is 5.40. The summed E-state index contributed by atoms with van der Waals surface area (Å²) >= 11 is 0. The van der Waals surface area contributed by atoms with E-state index in [-0.39, 0.29) is 18.4 Å². The van der Waals surface area contributed by atoms with Crippen LogP contribution in [0.15, 0.2) is 72.8 Å². The number of amides is 3. The molecule has 0 radical (unpaired) electrons. The van der Waals surface area contributed by atoms with Gasteiger partial charge in [-0.15, -0.1) is 0 Å². The fraction of sp³-hybridized carbons (Fsp3) is 0.406. The first kappa shape index (κ1) is 29.2. The number of nitrogens with two attached hydrogens (primary N) is 1. The minimum absolute atomic E-state index is 0.114. The second kappa shape index (κ2) is 12.2. The van der Waals surface area contributed by atoms with E-state index in [0.717, 1.165) is 21.9 Å². The Labute approximate surface area is 236 Å². The topological polar surface area (TPSA) is 108 Å². The summed E-state index contributed by atoms with van der Waals surface area (Å²) in [6.07, 6.45) is 2.16. The van der Waals surface area contributed by atoms with Gasteiger partial charge in [0.2, 0.25) is 17.7 Å². The van der Waals surface area contributed by atoms with Gasteiger partial charge in [0.15, 0.2) is 0 Å². The van der Waals surface area contributed by atoms with Crippen molar-refractivity contribution in [2.75, 3.05) is 27.2 Å². The number of rotatable bonds is 9. The van der Waals surface area contributed by atoms with Gasteiger partial charge in [0.25, 0.3) is 0 Å². The van der Waals surface area contributed by atoms with Crippen LogP contribution in [-0.2, 0) is 27.2 Å². The van der Waals surface area contributed by atoms with Crippen LogP contribution in [0.4, 0.5) is 0 Å². The van der Waals surface area contributed by atoms with Gasteiger partial charge < -0.3 is 16.0 Å². The Balaban J connectivity index is 1.63. The first-order valence-corrected chi connectivity index (χ1v) is 13.9. The van der Waals surface area contributed by atoms with Gasteiger partial charge in [-0.1, -0.05) is 72.8 Å². The van der Waals surface area contributed by atoms with Crippen molar-refractivity contribution in [1.29, 1.82) is 0 Å². The van der Waals surface area contributed by atoms with Crippen molar-refractivity contribution in [3.8, 4) is 0 Å². The van der Waals surface area contributed by atoms with Crippen LogP contribution >= 0.6 is 0 Å². The lowest BCUT2D eigenvalue weighted by Gasteiger charge is -2.43. The first-order valence-electron chi connectivity index (χ1n) is 13.9. The monoisotopic (exact) mass is 543 g/mol. The summed E-state index contributed by atoms with van der Waals surface area (Å²) in [7, 11) is 3.56. The smallest absolute Gasteiger partial charge is 0.245 e. The van der Waals surface area contributed by atoms with Crippen molar-refractivity contribution in [1.82, 2.24) is 20.7 Å².